The third-order valence-electron chi connectivity index (χ3n) is 5.42. The van der Waals surface area contributed by atoms with Crippen LogP contribution in [0.3, 0.4) is 0 Å². The average molecular weight is 358 g/mol. The van der Waals surface area contributed by atoms with Crippen LogP contribution in [-0.4, -0.2) is 41.3 Å². The molecule has 1 aliphatic rings. The average Bonchev–Trinajstić information content (AvgIpc) is 3.14. The van der Waals surface area contributed by atoms with Gasteiger partial charge in [0.1, 0.15) is 5.60 Å². The fourth-order valence-electron chi connectivity index (χ4n) is 3.68. The lowest BCUT2D eigenvalue weighted by molar-refractivity contribution is -0.116. The van der Waals surface area contributed by atoms with Gasteiger partial charge in [0.05, 0.1) is 19.8 Å². The standard InChI is InChI=1S/C23H35NO2/c1-4-5-11-20(2)12-9-16-24-17-10-15-22(24)23(3,19-25)26-18-21-13-7-6-8-14-21/h6-8,13-14,20,22,25H,4-5,10-11,15-19H2,1-3H3/t20-,22+,23+/m1/s1. The molecule has 0 radical (unpaired) electrons. The molecular formula is C23H35NO2. The lowest BCUT2D eigenvalue weighted by Crippen LogP contribution is -2.52. The minimum atomic E-state index is -0.554. The summed E-state index contributed by atoms with van der Waals surface area (Å²) >= 11 is 0. The zero-order chi connectivity index (χ0) is 18.8. The van der Waals surface area contributed by atoms with E-state index in [2.05, 4.69) is 42.7 Å². The summed E-state index contributed by atoms with van der Waals surface area (Å²) in [5.41, 5.74) is 0.586. The van der Waals surface area contributed by atoms with Crippen LogP contribution in [0.25, 0.3) is 0 Å². The fraction of sp³-hybridized carbons (Fsp3) is 0.652. The van der Waals surface area contributed by atoms with Crippen molar-refractivity contribution < 1.29 is 9.84 Å². The Balaban J connectivity index is 1.93. The van der Waals surface area contributed by atoms with E-state index in [1.165, 1.54) is 19.3 Å². The summed E-state index contributed by atoms with van der Waals surface area (Å²) in [5, 5.41) is 10.1. The molecule has 26 heavy (non-hydrogen) atoms. The lowest BCUT2D eigenvalue weighted by Gasteiger charge is -2.38. The quantitative estimate of drug-likeness (QED) is 0.671. The van der Waals surface area contributed by atoms with Crippen molar-refractivity contribution in [3.63, 3.8) is 0 Å². The van der Waals surface area contributed by atoms with Crippen LogP contribution in [0.5, 0.6) is 0 Å². The van der Waals surface area contributed by atoms with Gasteiger partial charge in [-0.15, -0.1) is 0 Å². The second-order valence-corrected chi connectivity index (χ2v) is 7.74. The minimum Gasteiger partial charge on any atom is -0.393 e. The molecule has 0 unspecified atom stereocenters. The van der Waals surface area contributed by atoms with Gasteiger partial charge in [-0.2, -0.15) is 0 Å². The maximum atomic E-state index is 10.1. The summed E-state index contributed by atoms with van der Waals surface area (Å²) in [6, 6.07) is 10.4. The highest BCUT2D eigenvalue weighted by molar-refractivity contribution is 5.14. The highest BCUT2D eigenvalue weighted by Crippen LogP contribution is 2.30. The fourth-order valence-corrected chi connectivity index (χ4v) is 3.68. The molecule has 3 nitrogen and oxygen atoms in total. The number of likely N-dealkylation sites (tertiary alicyclic amines) is 1. The molecular weight excluding hydrogens is 322 g/mol. The summed E-state index contributed by atoms with van der Waals surface area (Å²) in [5.74, 6) is 7.24. The van der Waals surface area contributed by atoms with Crippen LogP contribution >= 0.6 is 0 Å². The van der Waals surface area contributed by atoms with Crippen LogP contribution < -0.4 is 0 Å². The number of rotatable bonds is 9. The summed E-state index contributed by atoms with van der Waals surface area (Å²) in [7, 11) is 0. The monoisotopic (exact) mass is 357 g/mol. The van der Waals surface area contributed by atoms with Gasteiger partial charge >= 0.3 is 0 Å². The number of unbranched alkanes of at least 4 members (excludes halogenated alkanes) is 1. The smallest absolute Gasteiger partial charge is 0.104 e. The van der Waals surface area contributed by atoms with Crippen molar-refractivity contribution in [2.75, 3.05) is 19.7 Å². The molecule has 3 atom stereocenters. The summed E-state index contributed by atoms with van der Waals surface area (Å²) in [4.78, 5) is 2.39. The van der Waals surface area contributed by atoms with Crippen molar-refractivity contribution in [3.05, 3.63) is 35.9 Å². The maximum Gasteiger partial charge on any atom is 0.104 e. The highest BCUT2D eigenvalue weighted by Gasteiger charge is 2.41. The number of aliphatic hydroxyl groups excluding tert-OH is 1. The molecule has 1 aliphatic heterocycles. The van der Waals surface area contributed by atoms with Crippen molar-refractivity contribution in [2.45, 2.75) is 71.1 Å². The third-order valence-corrected chi connectivity index (χ3v) is 5.42. The molecule has 0 aromatic heterocycles. The molecule has 0 spiro atoms. The van der Waals surface area contributed by atoms with Gasteiger partial charge in [0.15, 0.2) is 0 Å². The van der Waals surface area contributed by atoms with E-state index in [0.29, 0.717) is 12.5 Å². The molecule has 1 N–H and O–H groups in total. The molecule has 1 heterocycles. The van der Waals surface area contributed by atoms with E-state index in [0.717, 1.165) is 31.5 Å². The number of ether oxygens (including phenoxy) is 1. The Kier molecular flexibility index (Phi) is 8.65. The van der Waals surface area contributed by atoms with Gasteiger partial charge < -0.3 is 9.84 Å². The van der Waals surface area contributed by atoms with E-state index < -0.39 is 5.60 Å². The Bertz CT molecular complexity index is 577. The predicted octanol–water partition coefficient (Wildman–Crippen LogP) is 4.25. The van der Waals surface area contributed by atoms with Crippen molar-refractivity contribution in [1.29, 1.82) is 0 Å². The largest absolute Gasteiger partial charge is 0.393 e. The third kappa shape index (κ3) is 6.13. The van der Waals surface area contributed by atoms with Crippen molar-refractivity contribution in [1.82, 2.24) is 4.90 Å². The second kappa shape index (κ2) is 10.7. The number of benzene rings is 1. The molecule has 1 saturated heterocycles. The Labute approximate surface area is 159 Å². The molecule has 2 rings (SSSR count). The van der Waals surface area contributed by atoms with E-state index in [9.17, 15) is 5.11 Å². The molecule has 0 saturated carbocycles. The number of nitrogens with zero attached hydrogens (tertiary/aromatic N) is 1. The summed E-state index contributed by atoms with van der Waals surface area (Å²) in [6.45, 7) is 8.84. The van der Waals surface area contributed by atoms with Crippen molar-refractivity contribution in [3.8, 4) is 11.8 Å². The topological polar surface area (TPSA) is 32.7 Å². The van der Waals surface area contributed by atoms with Crippen LogP contribution in [-0.2, 0) is 11.3 Å². The molecule has 0 amide bonds. The van der Waals surface area contributed by atoms with E-state index in [1.807, 2.05) is 25.1 Å². The van der Waals surface area contributed by atoms with Gasteiger partial charge in [0.2, 0.25) is 0 Å². The first-order valence-corrected chi connectivity index (χ1v) is 10.1. The van der Waals surface area contributed by atoms with Crippen LogP contribution in [0.2, 0.25) is 0 Å². The first kappa shape index (κ1) is 21.0. The first-order valence-electron chi connectivity index (χ1n) is 10.1. The Hall–Kier alpha value is -1.34. The van der Waals surface area contributed by atoms with E-state index in [-0.39, 0.29) is 12.6 Å². The van der Waals surface area contributed by atoms with Crippen LogP contribution in [0.1, 0.15) is 58.4 Å². The van der Waals surface area contributed by atoms with Crippen molar-refractivity contribution in [2.24, 2.45) is 5.92 Å². The van der Waals surface area contributed by atoms with Crippen LogP contribution in [0.15, 0.2) is 30.3 Å². The molecule has 0 aliphatic carbocycles. The van der Waals surface area contributed by atoms with E-state index in [1.54, 1.807) is 0 Å². The maximum absolute atomic E-state index is 10.1. The summed E-state index contributed by atoms with van der Waals surface area (Å²) in [6.07, 6.45) is 5.86. The highest BCUT2D eigenvalue weighted by atomic mass is 16.5. The van der Waals surface area contributed by atoms with Gasteiger partial charge in [0, 0.05) is 12.0 Å². The van der Waals surface area contributed by atoms with Gasteiger partial charge in [-0.25, -0.2) is 0 Å². The molecule has 1 fully saturated rings. The Morgan fingerprint density at radius 3 is 2.81 bits per heavy atom. The van der Waals surface area contributed by atoms with Gasteiger partial charge in [-0.1, -0.05) is 68.9 Å². The van der Waals surface area contributed by atoms with Crippen LogP contribution in [0.4, 0.5) is 0 Å². The SMILES string of the molecule is CCCC[C@@H](C)C#CCN1CCC[C@H]1[C@](C)(CO)OCc1ccccc1. The zero-order valence-electron chi connectivity index (χ0n) is 16.7. The molecule has 1 aromatic rings. The number of hydrogen-bond acceptors (Lipinski definition) is 3. The minimum absolute atomic E-state index is 0.0291. The lowest BCUT2D eigenvalue weighted by atomic mass is 9.94. The Morgan fingerprint density at radius 2 is 2.12 bits per heavy atom. The number of aliphatic hydroxyl groups is 1. The Morgan fingerprint density at radius 1 is 1.35 bits per heavy atom. The summed E-state index contributed by atoms with van der Waals surface area (Å²) < 4.78 is 6.22. The molecule has 0 bridgehead atoms. The molecule has 144 valence electrons. The van der Waals surface area contributed by atoms with Crippen LogP contribution in [0, 0.1) is 17.8 Å². The zero-order valence-corrected chi connectivity index (χ0v) is 16.7. The van der Waals surface area contributed by atoms with E-state index >= 15 is 0 Å². The van der Waals surface area contributed by atoms with Crippen molar-refractivity contribution >= 4 is 0 Å². The van der Waals surface area contributed by atoms with Gasteiger partial charge in [-0.3, -0.25) is 4.90 Å². The molecule has 1 aromatic carbocycles. The first-order chi connectivity index (χ1) is 12.6. The molecule has 3 heteroatoms. The second-order valence-electron chi connectivity index (χ2n) is 7.74. The number of hydrogen-bond donors (Lipinski definition) is 1. The van der Waals surface area contributed by atoms with E-state index in [4.69, 9.17) is 4.74 Å². The van der Waals surface area contributed by atoms with Gasteiger partial charge in [0.25, 0.3) is 0 Å². The predicted molar refractivity (Wildman–Crippen MR) is 108 cm³/mol. The normalized spacial score (nSPS) is 21.0. The van der Waals surface area contributed by atoms with Gasteiger partial charge in [-0.05, 0) is 38.3 Å².